The van der Waals surface area contributed by atoms with Gasteiger partial charge in [0.15, 0.2) is 0 Å². The number of rotatable bonds is 4. The molecule has 0 saturated carbocycles. The fraction of sp³-hybridized carbons (Fsp3) is 0.929. The van der Waals surface area contributed by atoms with Crippen molar-refractivity contribution in [1.29, 1.82) is 0 Å². The van der Waals surface area contributed by atoms with Crippen molar-refractivity contribution in [3.8, 4) is 0 Å². The summed E-state index contributed by atoms with van der Waals surface area (Å²) in [6.45, 7) is 5.47. The van der Waals surface area contributed by atoms with Crippen molar-refractivity contribution < 1.29 is 14.6 Å². The summed E-state index contributed by atoms with van der Waals surface area (Å²) in [5.74, 6) is -0.606. The topological polar surface area (TPSA) is 49.8 Å². The lowest BCUT2D eigenvalue weighted by atomic mass is 9.76. The minimum Gasteiger partial charge on any atom is -0.481 e. The molecule has 1 N–H and O–H groups in total. The largest absolute Gasteiger partial charge is 0.481 e. The minimum absolute atomic E-state index is 0.439. The van der Waals surface area contributed by atoms with E-state index in [1.165, 1.54) is 0 Å². The van der Waals surface area contributed by atoms with Gasteiger partial charge in [-0.15, -0.1) is 0 Å². The summed E-state index contributed by atoms with van der Waals surface area (Å²) in [4.78, 5) is 14.0. The maximum absolute atomic E-state index is 11.6. The van der Waals surface area contributed by atoms with Crippen molar-refractivity contribution in [3.63, 3.8) is 0 Å². The first-order valence-electron chi connectivity index (χ1n) is 7.23. The van der Waals surface area contributed by atoms with Crippen LogP contribution in [-0.4, -0.2) is 48.3 Å². The Morgan fingerprint density at radius 1 is 1.50 bits per heavy atom. The second-order valence-corrected chi connectivity index (χ2v) is 5.78. The maximum Gasteiger partial charge on any atom is 0.310 e. The standard InChI is InChI=1S/C14H25NO3/c1-2-6-14(13(16)17)7-4-8-15(11-14)12-5-3-9-18-10-12/h12H,2-11H2,1H3,(H,16,17). The molecule has 0 spiro atoms. The summed E-state index contributed by atoms with van der Waals surface area (Å²) < 4.78 is 5.53. The SMILES string of the molecule is CCCC1(C(=O)O)CCCN(C2CCCOC2)C1. The van der Waals surface area contributed by atoms with Crippen LogP contribution in [0.2, 0.25) is 0 Å². The lowest BCUT2D eigenvalue weighted by Crippen LogP contribution is -2.53. The van der Waals surface area contributed by atoms with Crippen molar-refractivity contribution in [1.82, 2.24) is 4.90 Å². The lowest BCUT2D eigenvalue weighted by molar-refractivity contribution is -0.154. The highest BCUT2D eigenvalue weighted by molar-refractivity contribution is 5.75. The van der Waals surface area contributed by atoms with Crippen LogP contribution in [0.1, 0.15) is 45.4 Å². The van der Waals surface area contributed by atoms with Gasteiger partial charge in [0.05, 0.1) is 12.0 Å². The van der Waals surface area contributed by atoms with E-state index < -0.39 is 11.4 Å². The van der Waals surface area contributed by atoms with Gasteiger partial charge in [0.25, 0.3) is 0 Å². The average molecular weight is 255 g/mol. The number of aliphatic carboxylic acids is 1. The Labute approximate surface area is 109 Å². The van der Waals surface area contributed by atoms with Crippen molar-refractivity contribution in [2.24, 2.45) is 5.41 Å². The second kappa shape index (κ2) is 6.02. The summed E-state index contributed by atoms with van der Waals surface area (Å²) in [6.07, 6.45) is 5.84. The molecule has 2 saturated heterocycles. The monoisotopic (exact) mass is 255 g/mol. The van der Waals surface area contributed by atoms with Crippen LogP contribution in [-0.2, 0) is 9.53 Å². The molecule has 4 heteroatoms. The molecule has 4 nitrogen and oxygen atoms in total. The number of nitrogens with zero attached hydrogens (tertiary/aromatic N) is 1. The van der Waals surface area contributed by atoms with Gasteiger partial charge in [0, 0.05) is 19.2 Å². The Morgan fingerprint density at radius 2 is 2.33 bits per heavy atom. The molecule has 0 amide bonds. The van der Waals surface area contributed by atoms with Gasteiger partial charge in [-0.2, -0.15) is 0 Å². The van der Waals surface area contributed by atoms with Crippen LogP contribution in [0, 0.1) is 5.41 Å². The fourth-order valence-electron chi connectivity index (χ4n) is 3.45. The molecule has 104 valence electrons. The van der Waals surface area contributed by atoms with E-state index in [1.807, 2.05) is 0 Å². The van der Waals surface area contributed by atoms with Crippen molar-refractivity contribution in [2.75, 3.05) is 26.3 Å². The number of likely N-dealkylation sites (tertiary alicyclic amines) is 1. The van der Waals surface area contributed by atoms with Crippen molar-refractivity contribution in [2.45, 2.75) is 51.5 Å². The Hall–Kier alpha value is -0.610. The molecule has 2 atom stereocenters. The Morgan fingerprint density at radius 3 is 2.94 bits per heavy atom. The Balaban J connectivity index is 2.03. The number of hydrogen-bond acceptors (Lipinski definition) is 3. The van der Waals surface area contributed by atoms with Gasteiger partial charge in [0.1, 0.15) is 0 Å². The van der Waals surface area contributed by atoms with Gasteiger partial charge in [-0.1, -0.05) is 13.3 Å². The third kappa shape index (κ3) is 2.86. The van der Waals surface area contributed by atoms with Crippen LogP contribution in [0.15, 0.2) is 0 Å². The van der Waals surface area contributed by atoms with E-state index in [0.717, 1.165) is 58.3 Å². The second-order valence-electron chi connectivity index (χ2n) is 5.78. The van der Waals surface area contributed by atoms with Gasteiger partial charge >= 0.3 is 5.97 Å². The molecule has 0 bridgehead atoms. The molecule has 2 unspecified atom stereocenters. The third-order valence-corrected chi connectivity index (χ3v) is 4.44. The van der Waals surface area contributed by atoms with Crippen LogP contribution in [0.25, 0.3) is 0 Å². The molecular weight excluding hydrogens is 230 g/mol. The van der Waals surface area contributed by atoms with E-state index in [1.54, 1.807) is 0 Å². The zero-order chi connectivity index (χ0) is 13.0. The lowest BCUT2D eigenvalue weighted by Gasteiger charge is -2.44. The normalized spacial score (nSPS) is 34.4. The highest BCUT2D eigenvalue weighted by Crippen LogP contribution is 2.36. The van der Waals surface area contributed by atoms with Crippen LogP contribution in [0.3, 0.4) is 0 Å². The zero-order valence-electron chi connectivity index (χ0n) is 11.4. The van der Waals surface area contributed by atoms with Gasteiger partial charge in [-0.25, -0.2) is 0 Å². The number of carboxylic acid groups (broad SMARTS) is 1. The van der Waals surface area contributed by atoms with Crippen LogP contribution in [0.5, 0.6) is 0 Å². The van der Waals surface area contributed by atoms with Crippen molar-refractivity contribution in [3.05, 3.63) is 0 Å². The van der Waals surface area contributed by atoms with E-state index in [9.17, 15) is 9.90 Å². The first-order valence-corrected chi connectivity index (χ1v) is 7.23. The predicted molar refractivity (Wildman–Crippen MR) is 69.6 cm³/mol. The molecule has 0 radical (unpaired) electrons. The zero-order valence-corrected chi connectivity index (χ0v) is 11.4. The molecule has 0 aromatic heterocycles. The van der Waals surface area contributed by atoms with Gasteiger partial charge in [-0.05, 0) is 38.6 Å². The van der Waals surface area contributed by atoms with E-state index in [2.05, 4.69) is 11.8 Å². The summed E-state index contributed by atoms with van der Waals surface area (Å²) in [5.41, 5.74) is -0.509. The van der Waals surface area contributed by atoms with E-state index in [-0.39, 0.29) is 0 Å². The molecule has 2 heterocycles. The fourth-order valence-corrected chi connectivity index (χ4v) is 3.45. The molecule has 2 fully saturated rings. The number of piperidine rings is 1. The number of carbonyl (C=O) groups is 1. The Bertz CT molecular complexity index is 285. The number of carboxylic acids is 1. The summed E-state index contributed by atoms with van der Waals surface area (Å²) in [6, 6.07) is 0.439. The molecule has 0 aromatic rings. The van der Waals surface area contributed by atoms with Crippen LogP contribution >= 0.6 is 0 Å². The van der Waals surface area contributed by atoms with Gasteiger partial charge in [-0.3, -0.25) is 9.69 Å². The van der Waals surface area contributed by atoms with Gasteiger partial charge in [0.2, 0.25) is 0 Å². The van der Waals surface area contributed by atoms with Crippen LogP contribution < -0.4 is 0 Å². The number of ether oxygens (including phenoxy) is 1. The molecule has 0 aliphatic carbocycles. The minimum atomic E-state index is -0.606. The molecule has 2 aliphatic heterocycles. The molecular formula is C14H25NO3. The summed E-state index contributed by atoms with van der Waals surface area (Å²) in [7, 11) is 0. The third-order valence-electron chi connectivity index (χ3n) is 4.44. The quantitative estimate of drug-likeness (QED) is 0.836. The number of hydrogen-bond donors (Lipinski definition) is 1. The smallest absolute Gasteiger partial charge is 0.310 e. The van der Waals surface area contributed by atoms with Gasteiger partial charge < -0.3 is 9.84 Å². The van der Waals surface area contributed by atoms with E-state index >= 15 is 0 Å². The maximum atomic E-state index is 11.6. The highest BCUT2D eigenvalue weighted by Gasteiger charge is 2.43. The predicted octanol–water partition coefficient (Wildman–Crippen LogP) is 2.13. The summed E-state index contributed by atoms with van der Waals surface area (Å²) in [5, 5.41) is 9.58. The first kappa shape index (κ1) is 13.8. The summed E-state index contributed by atoms with van der Waals surface area (Å²) >= 11 is 0. The molecule has 2 aliphatic rings. The average Bonchev–Trinajstić information content (AvgIpc) is 2.40. The Kier molecular flexibility index (Phi) is 4.62. The molecule has 18 heavy (non-hydrogen) atoms. The van der Waals surface area contributed by atoms with E-state index in [0.29, 0.717) is 12.6 Å². The molecule has 2 rings (SSSR count). The van der Waals surface area contributed by atoms with Crippen LogP contribution in [0.4, 0.5) is 0 Å². The van der Waals surface area contributed by atoms with Crippen molar-refractivity contribution >= 4 is 5.97 Å². The molecule has 0 aromatic carbocycles. The highest BCUT2D eigenvalue weighted by atomic mass is 16.5. The van der Waals surface area contributed by atoms with E-state index in [4.69, 9.17) is 4.74 Å². The first-order chi connectivity index (χ1) is 8.68.